The molecule has 106 valence electrons. The van der Waals surface area contributed by atoms with Gasteiger partial charge in [-0.1, -0.05) is 11.6 Å². The molecule has 2 aromatic rings. The maximum Gasteiger partial charge on any atom is 0.256 e. The van der Waals surface area contributed by atoms with Crippen LogP contribution in [0.25, 0.3) is 0 Å². The van der Waals surface area contributed by atoms with E-state index in [2.05, 4.69) is 10.3 Å². The van der Waals surface area contributed by atoms with Crippen molar-refractivity contribution < 1.29 is 4.79 Å². The molecule has 1 amide bonds. The molecular weight excluding hydrogens is 270 g/mol. The molecule has 1 N–H and O–H groups in total. The van der Waals surface area contributed by atoms with E-state index in [1.54, 1.807) is 23.3 Å². The summed E-state index contributed by atoms with van der Waals surface area (Å²) in [7, 11) is 3.63. The summed E-state index contributed by atoms with van der Waals surface area (Å²) < 4.78 is 0. The van der Waals surface area contributed by atoms with Crippen LogP contribution >= 0.6 is 11.3 Å². The van der Waals surface area contributed by atoms with E-state index >= 15 is 0 Å². The van der Waals surface area contributed by atoms with Gasteiger partial charge < -0.3 is 10.2 Å². The normalized spacial score (nSPS) is 10.4. The van der Waals surface area contributed by atoms with E-state index in [0.29, 0.717) is 12.1 Å². The molecule has 0 aliphatic rings. The molecule has 1 aromatic heterocycles. The van der Waals surface area contributed by atoms with Crippen LogP contribution in [0, 0.1) is 13.8 Å². The Balaban J connectivity index is 2.20. The van der Waals surface area contributed by atoms with Crippen LogP contribution in [-0.2, 0) is 6.54 Å². The van der Waals surface area contributed by atoms with Gasteiger partial charge in [-0.3, -0.25) is 4.79 Å². The number of amides is 1. The number of rotatable bonds is 4. The second-order valence-electron chi connectivity index (χ2n) is 4.82. The predicted molar refractivity (Wildman–Crippen MR) is 83.4 cm³/mol. The lowest BCUT2D eigenvalue weighted by Gasteiger charge is -2.18. The molecule has 0 radical (unpaired) electrons. The molecule has 1 aromatic carbocycles. The Morgan fingerprint density at radius 1 is 1.40 bits per heavy atom. The number of aromatic nitrogens is 1. The Labute approximate surface area is 123 Å². The Hall–Kier alpha value is -1.88. The van der Waals surface area contributed by atoms with Gasteiger partial charge in [-0.15, -0.1) is 11.3 Å². The van der Waals surface area contributed by atoms with E-state index < -0.39 is 0 Å². The number of anilines is 1. The Kier molecular flexibility index (Phi) is 4.39. The van der Waals surface area contributed by atoms with Crippen LogP contribution in [0.5, 0.6) is 0 Å². The standard InChI is InChI=1S/C15H19N3OS/c1-10-5-6-14(16-3)13(7-10)15(19)18(4)8-12-9-20-11(2)17-12/h5-7,9,16H,8H2,1-4H3. The molecule has 0 bridgehead atoms. The molecule has 4 nitrogen and oxygen atoms in total. The zero-order valence-electron chi connectivity index (χ0n) is 12.2. The number of nitrogens with one attached hydrogen (secondary N) is 1. The molecule has 0 saturated heterocycles. The lowest BCUT2D eigenvalue weighted by atomic mass is 10.1. The van der Waals surface area contributed by atoms with Gasteiger partial charge in [0.2, 0.25) is 0 Å². The second-order valence-corrected chi connectivity index (χ2v) is 5.88. The molecule has 0 aliphatic heterocycles. The molecule has 0 unspecified atom stereocenters. The van der Waals surface area contributed by atoms with Crippen molar-refractivity contribution in [1.82, 2.24) is 9.88 Å². The van der Waals surface area contributed by atoms with E-state index in [4.69, 9.17) is 0 Å². The van der Waals surface area contributed by atoms with Gasteiger partial charge in [0.15, 0.2) is 0 Å². The van der Waals surface area contributed by atoms with Crippen molar-refractivity contribution in [2.24, 2.45) is 0 Å². The van der Waals surface area contributed by atoms with Crippen molar-refractivity contribution in [2.75, 3.05) is 19.4 Å². The lowest BCUT2D eigenvalue weighted by Crippen LogP contribution is -2.27. The molecule has 2 rings (SSSR count). The van der Waals surface area contributed by atoms with E-state index in [1.165, 1.54) is 0 Å². The van der Waals surface area contributed by atoms with E-state index in [1.807, 2.05) is 44.5 Å². The largest absolute Gasteiger partial charge is 0.387 e. The molecule has 5 heteroatoms. The number of carbonyl (C=O) groups is 1. The van der Waals surface area contributed by atoms with E-state index in [0.717, 1.165) is 22.0 Å². The highest BCUT2D eigenvalue weighted by Crippen LogP contribution is 2.19. The number of benzene rings is 1. The van der Waals surface area contributed by atoms with Crippen molar-refractivity contribution in [3.05, 3.63) is 45.4 Å². The Morgan fingerprint density at radius 2 is 2.15 bits per heavy atom. The summed E-state index contributed by atoms with van der Waals surface area (Å²) in [5.41, 5.74) is 3.55. The quantitative estimate of drug-likeness (QED) is 0.941. The Morgan fingerprint density at radius 3 is 2.75 bits per heavy atom. The van der Waals surface area contributed by atoms with Crippen LogP contribution in [0.3, 0.4) is 0 Å². The monoisotopic (exact) mass is 289 g/mol. The zero-order valence-corrected chi connectivity index (χ0v) is 13.0. The summed E-state index contributed by atoms with van der Waals surface area (Å²) in [5.74, 6) is 0.00343. The van der Waals surface area contributed by atoms with Crippen molar-refractivity contribution in [2.45, 2.75) is 20.4 Å². The summed E-state index contributed by atoms with van der Waals surface area (Å²) in [4.78, 5) is 18.6. The average molecular weight is 289 g/mol. The molecule has 0 fully saturated rings. The molecule has 0 atom stereocenters. The number of thiazole rings is 1. The van der Waals surface area contributed by atoms with Gasteiger partial charge >= 0.3 is 0 Å². The van der Waals surface area contributed by atoms with Crippen LogP contribution in [0.4, 0.5) is 5.69 Å². The first-order valence-corrected chi connectivity index (χ1v) is 7.34. The first-order chi connectivity index (χ1) is 9.51. The van der Waals surface area contributed by atoms with Crippen molar-refractivity contribution >= 4 is 22.9 Å². The van der Waals surface area contributed by atoms with E-state index in [9.17, 15) is 4.79 Å². The fraction of sp³-hybridized carbons (Fsp3) is 0.333. The highest BCUT2D eigenvalue weighted by molar-refractivity contribution is 7.09. The smallest absolute Gasteiger partial charge is 0.256 e. The maximum absolute atomic E-state index is 12.5. The van der Waals surface area contributed by atoms with Gasteiger partial charge in [0, 0.05) is 25.2 Å². The van der Waals surface area contributed by atoms with E-state index in [-0.39, 0.29) is 5.91 Å². The van der Waals surface area contributed by atoms with Gasteiger partial charge in [0.05, 0.1) is 22.8 Å². The van der Waals surface area contributed by atoms with Crippen molar-refractivity contribution in [3.8, 4) is 0 Å². The lowest BCUT2D eigenvalue weighted by molar-refractivity contribution is 0.0784. The number of hydrogen-bond donors (Lipinski definition) is 1. The minimum atomic E-state index is 0.00343. The highest BCUT2D eigenvalue weighted by Gasteiger charge is 2.16. The van der Waals surface area contributed by atoms with Gasteiger partial charge in [-0.25, -0.2) is 4.98 Å². The predicted octanol–water partition coefficient (Wildman–Crippen LogP) is 3.07. The molecular formula is C15H19N3OS. The second kappa shape index (κ2) is 6.05. The average Bonchev–Trinajstić information content (AvgIpc) is 2.83. The third-order valence-electron chi connectivity index (χ3n) is 3.09. The summed E-state index contributed by atoms with van der Waals surface area (Å²) in [6.45, 7) is 4.48. The van der Waals surface area contributed by atoms with Gasteiger partial charge in [0.25, 0.3) is 5.91 Å². The van der Waals surface area contributed by atoms with Gasteiger partial charge in [-0.05, 0) is 26.0 Å². The fourth-order valence-corrected chi connectivity index (χ4v) is 2.66. The summed E-state index contributed by atoms with van der Waals surface area (Å²) in [5, 5.41) is 6.08. The minimum absolute atomic E-state index is 0.00343. The molecule has 20 heavy (non-hydrogen) atoms. The zero-order chi connectivity index (χ0) is 14.7. The third-order valence-corrected chi connectivity index (χ3v) is 3.91. The summed E-state index contributed by atoms with van der Waals surface area (Å²) in [6.07, 6.45) is 0. The number of carbonyl (C=O) groups excluding carboxylic acids is 1. The number of aryl methyl sites for hydroxylation is 2. The van der Waals surface area contributed by atoms with Crippen molar-refractivity contribution in [1.29, 1.82) is 0 Å². The first kappa shape index (κ1) is 14.5. The summed E-state index contributed by atoms with van der Waals surface area (Å²) >= 11 is 1.60. The maximum atomic E-state index is 12.5. The van der Waals surface area contributed by atoms with Crippen LogP contribution < -0.4 is 5.32 Å². The fourth-order valence-electron chi connectivity index (χ4n) is 2.05. The topological polar surface area (TPSA) is 45.2 Å². The van der Waals surface area contributed by atoms with Crippen molar-refractivity contribution in [3.63, 3.8) is 0 Å². The molecule has 0 aliphatic carbocycles. The van der Waals surface area contributed by atoms with Crippen LogP contribution in [-0.4, -0.2) is 29.9 Å². The van der Waals surface area contributed by atoms with Crippen LogP contribution in [0.1, 0.15) is 26.6 Å². The molecule has 0 spiro atoms. The Bertz CT molecular complexity index is 621. The molecule has 0 saturated carbocycles. The van der Waals surface area contributed by atoms with Gasteiger partial charge in [-0.2, -0.15) is 0 Å². The minimum Gasteiger partial charge on any atom is -0.387 e. The van der Waals surface area contributed by atoms with Crippen LogP contribution in [0.2, 0.25) is 0 Å². The number of nitrogens with zero attached hydrogens (tertiary/aromatic N) is 2. The highest BCUT2D eigenvalue weighted by atomic mass is 32.1. The summed E-state index contributed by atoms with van der Waals surface area (Å²) in [6, 6.07) is 5.84. The van der Waals surface area contributed by atoms with Gasteiger partial charge in [0.1, 0.15) is 0 Å². The number of hydrogen-bond acceptors (Lipinski definition) is 4. The van der Waals surface area contributed by atoms with Crippen LogP contribution in [0.15, 0.2) is 23.6 Å². The molecule has 1 heterocycles. The first-order valence-electron chi connectivity index (χ1n) is 6.46. The SMILES string of the molecule is CNc1ccc(C)cc1C(=O)N(C)Cc1csc(C)n1. The third kappa shape index (κ3) is 3.17.